The Morgan fingerprint density at radius 3 is 2.56 bits per heavy atom. The number of benzene rings is 2. The van der Waals surface area contributed by atoms with Crippen molar-refractivity contribution in [1.29, 1.82) is 0 Å². The molecule has 2 nitrogen and oxygen atoms in total. The molecule has 0 aromatic heterocycles. The summed E-state index contributed by atoms with van der Waals surface area (Å²) in [7, 11) is 0. The van der Waals surface area contributed by atoms with Crippen LogP contribution in [0.1, 0.15) is 11.1 Å². The summed E-state index contributed by atoms with van der Waals surface area (Å²) < 4.78 is 6.67. The van der Waals surface area contributed by atoms with Gasteiger partial charge >= 0.3 is 0 Å². The predicted octanol–water partition coefficient (Wildman–Crippen LogP) is 4.66. The van der Waals surface area contributed by atoms with E-state index < -0.39 is 0 Å². The lowest BCUT2D eigenvalue weighted by Crippen LogP contribution is -2.00. The molecule has 0 bridgehead atoms. The molecule has 0 radical (unpaired) electrons. The number of halogens is 2. The Bertz CT molecular complexity index is 572. The van der Waals surface area contributed by atoms with Gasteiger partial charge in [0.2, 0.25) is 0 Å². The van der Waals surface area contributed by atoms with Gasteiger partial charge in [-0.15, -0.1) is 0 Å². The molecule has 0 saturated heterocycles. The third-order valence-corrected chi connectivity index (χ3v) is 3.40. The first-order valence-corrected chi connectivity index (χ1v) is 6.70. The van der Waals surface area contributed by atoms with Crippen LogP contribution in [0.4, 0.5) is 0 Å². The summed E-state index contributed by atoms with van der Waals surface area (Å²) in [6, 6.07) is 11.4. The van der Waals surface area contributed by atoms with Gasteiger partial charge in [-0.3, -0.25) is 0 Å². The largest absolute Gasteiger partial charge is 0.456 e. The molecule has 0 heterocycles. The van der Waals surface area contributed by atoms with Crippen molar-refractivity contribution in [1.82, 2.24) is 0 Å². The molecule has 0 unspecified atom stereocenters. The predicted molar refractivity (Wildman–Crippen MR) is 78.3 cm³/mol. The van der Waals surface area contributed by atoms with E-state index in [9.17, 15) is 0 Å². The number of ether oxygens (including phenoxy) is 1. The maximum Gasteiger partial charge on any atom is 0.141 e. The van der Waals surface area contributed by atoms with Gasteiger partial charge in [0.05, 0.1) is 4.47 Å². The molecule has 94 valence electrons. The van der Waals surface area contributed by atoms with E-state index in [0.29, 0.717) is 11.6 Å². The van der Waals surface area contributed by atoms with Gasteiger partial charge in [-0.2, -0.15) is 0 Å². The maximum atomic E-state index is 5.89. The van der Waals surface area contributed by atoms with Crippen molar-refractivity contribution in [3.8, 4) is 11.5 Å². The van der Waals surface area contributed by atoms with Crippen molar-refractivity contribution in [2.24, 2.45) is 5.73 Å². The smallest absolute Gasteiger partial charge is 0.141 e. The van der Waals surface area contributed by atoms with Crippen molar-refractivity contribution in [2.75, 3.05) is 0 Å². The topological polar surface area (TPSA) is 35.2 Å². The molecule has 0 aliphatic rings. The molecule has 2 rings (SSSR count). The van der Waals surface area contributed by atoms with Gasteiger partial charge in [0.25, 0.3) is 0 Å². The lowest BCUT2D eigenvalue weighted by Gasteiger charge is -2.12. The average molecular weight is 327 g/mol. The van der Waals surface area contributed by atoms with Gasteiger partial charge in [0.1, 0.15) is 11.5 Å². The third-order valence-electron chi connectivity index (χ3n) is 2.55. The first kappa shape index (κ1) is 13.4. The molecular weight excluding hydrogens is 314 g/mol. The highest BCUT2D eigenvalue weighted by atomic mass is 79.9. The minimum Gasteiger partial charge on any atom is -0.456 e. The summed E-state index contributed by atoms with van der Waals surface area (Å²) in [6.45, 7) is 2.48. The molecule has 2 aromatic rings. The van der Waals surface area contributed by atoms with Crippen molar-refractivity contribution in [3.05, 3.63) is 57.0 Å². The van der Waals surface area contributed by atoms with Crippen molar-refractivity contribution in [2.45, 2.75) is 13.5 Å². The number of nitrogens with two attached hydrogens (primary N) is 1. The molecule has 0 aliphatic carbocycles. The zero-order chi connectivity index (χ0) is 13.1. The molecule has 0 saturated carbocycles. The van der Waals surface area contributed by atoms with E-state index in [2.05, 4.69) is 15.9 Å². The van der Waals surface area contributed by atoms with Crippen LogP contribution in [-0.4, -0.2) is 0 Å². The van der Waals surface area contributed by atoms with E-state index in [4.69, 9.17) is 22.1 Å². The fraction of sp³-hybridized carbons (Fsp3) is 0.143. The van der Waals surface area contributed by atoms with E-state index in [1.54, 1.807) is 12.1 Å². The molecule has 0 amide bonds. The van der Waals surface area contributed by atoms with Crippen LogP contribution in [-0.2, 0) is 6.54 Å². The van der Waals surface area contributed by atoms with E-state index in [1.165, 1.54) is 0 Å². The lowest BCUT2D eigenvalue weighted by atomic mass is 10.1. The number of rotatable bonds is 3. The second kappa shape index (κ2) is 5.74. The second-order valence-corrected chi connectivity index (χ2v) is 5.28. The van der Waals surface area contributed by atoms with Gasteiger partial charge < -0.3 is 10.5 Å². The summed E-state index contributed by atoms with van der Waals surface area (Å²) in [5, 5.41) is 0.664. The molecule has 2 N–H and O–H groups in total. The van der Waals surface area contributed by atoms with Crippen molar-refractivity contribution in [3.63, 3.8) is 0 Å². The quantitative estimate of drug-likeness (QED) is 0.890. The average Bonchev–Trinajstić information content (AvgIpc) is 2.34. The van der Waals surface area contributed by atoms with Gasteiger partial charge in [0.15, 0.2) is 0 Å². The summed E-state index contributed by atoms with van der Waals surface area (Å²) >= 11 is 9.32. The van der Waals surface area contributed by atoms with Crippen LogP contribution in [0.25, 0.3) is 0 Å². The maximum absolute atomic E-state index is 5.89. The highest BCUT2D eigenvalue weighted by molar-refractivity contribution is 9.10. The van der Waals surface area contributed by atoms with Crippen LogP contribution in [0, 0.1) is 6.92 Å². The van der Waals surface area contributed by atoms with Crippen LogP contribution < -0.4 is 10.5 Å². The van der Waals surface area contributed by atoms with Crippen LogP contribution >= 0.6 is 27.5 Å². The standard InChI is InChI=1S/C14H13BrClNO/c1-9-2-4-13(10(6-9)8-17)18-14-5-3-11(16)7-12(14)15/h2-7H,8,17H2,1H3. The Morgan fingerprint density at radius 2 is 1.89 bits per heavy atom. The van der Waals surface area contributed by atoms with Gasteiger partial charge in [-0.1, -0.05) is 29.3 Å². The first-order valence-electron chi connectivity index (χ1n) is 5.52. The molecule has 0 fully saturated rings. The second-order valence-electron chi connectivity index (χ2n) is 3.99. The third kappa shape index (κ3) is 3.05. The number of aryl methyl sites for hydroxylation is 1. The molecule has 0 aliphatic heterocycles. The van der Waals surface area contributed by atoms with Gasteiger partial charge in [0, 0.05) is 17.1 Å². The minimum absolute atomic E-state index is 0.447. The monoisotopic (exact) mass is 325 g/mol. The first-order chi connectivity index (χ1) is 8.60. The zero-order valence-corrected chi connectivity index (χ0v) is 12.3. The Kier molecular flexibility index (Phi) is 4.27. The number of hydrogen-bond donors (Lipinski definition) is 1. The Hall–Kier alpha value is -1.03. The summed E-state index contributed by atoms with van der Waals surface area (Å²) in [4.78, 5) is 0. The van der Waals surface area contributed by atoms with Crippen LogP contribution in [0.2, 0.25) is 5.02 Å². The highest BCUT2D eigenvalue weighted by Crippen LogP contribution is 2.33. The lowest BCUT2D eigenvalue weighted by molar-refractivity contribution is 0.473. The van der Waals surface area contributed by atoms with Crippen LogP contribution in [0.5, 0.6) is 11.5 Å². The summed E-state index contributed by atoms with van der Waals surface area (Å²) in [6.07, 6.45) is 0. The van der Waals surface area contributed by atoms with Gasteiger partial charge in [-0.05, 0) is 47.1 Å². The fourth-order valence-electron chi connectivity index (χ4n) is 1.64. The summed E-state index contributed by atoms with van der Waals surface area (Å²) in [5.74, 6) is 1.49. The Labute approximate surface area is 120 Å². The SMILES string of the molecule is Cc1ccc(Oc2ccc(Cl)cc2Br)c(CN)c1. The normalized spacial score (nSPS) is 10.4. The number of hydrogen-bond acceptors (Lipinski definition) is 2. The van der Waals surface area contributed by atoms with E-state index in [-0.39, 0.29) is 0 Å². The van der Waals surface area contributed by atoms with E-state index in [0.717, 1.165) is 27.1 Å². The highest BCUT2D eigenvalue weighted by Gasteiger charge is 2.07. The molecule has 2 aromatic carbocycles. The van der Waals surface area contributed by atoms with Gasteiger partial charge in [-0.25, -0.2) is 0 Å². The molecule has 18 heavy (non-hydrogen) atoms. The summed E-state index contributed by atoms with van der Waals surface area (Å²) in [5.41, 5.74) is 7.87. The molecular formula is C14H13BrClNO. The Balaban J connectivity index is 2.33. The molecule has 0 atom stereocenters. The van der Waals surface area contributed by atoms with Crippen LogP contribution in [0.15, 0.2) is 40.9 Å². The van der Waals surface area contributed by atoms with E-state index >= 15 is 0 Å². The molecule has 0 spiro atoms. The zero-order valence-electron chi connectivity index (χ0n) is 9.91. The van der Waals surface area contributed by atoms with Crippen LogP contribution in [0.3, 0.4) is 0 Å². The van der Waals surface area contributed by atoms with Crippen molar-refractivity contribution < 1.29 is 4.74 Å². The minimum atomic E-state index is 0.447. The Morgan fingerprint density at radius 1 is 1.17 bits per heavy atom. The van der Waals surface area contributed by atoms with E-state index in [1.807, 2.05) is 31.2 Å². The fourth-order valence-corrected chi connectivity index (χ4v) is 2.41. The molecule has 4 heteroatoms. The van der Waals surface area contributed by atoms with Crippen molar-refractivity contribution >= 4 is 27.5 Å².